The zero-order valence-electron chi connectivity index (χ0n) is 17.3. The van der Waals surface area contributed by atoms with E-state index in [-0.39, 0.29) is 11.7 Å². The van der Waals surface area contributed by atoms with Crippen LogP contribution in [0.4, 0.5) is 0 Å². The highest BCUT2D eigenvalue weighted by Crippen LogP contribution is 2.30. The van der Waals surface area contributed by atoms with Crippen molar-refractivity contribution < 1.29 is 9.53 Å². The number of nitrogens with zero attached hydrogens (tertiary/aromatic N) is 3. The van der Waals surface area contributed by atoms with E-state index in [4.69, 9.17) is 16.3 Å². The first kappa shape index (κ1) is 22.2. The highest BCUT2D eigenvalue weighted by atomic mass is 35.5. The average Bonchev–Trinajstić information content (AvgIpc) is 3.15. The van der Waals surface area contributed by atoms with E-state index in [0.717, 1.165) is 17.0 Å². The van der Waals surface area contributed by atoms with Gasteiger partial charge in [-0.15, -0.1) is 10.2 Å². The molecule has 0 fully saturated rings. The minimum absolute atomic E-state index is 0.0285. The molecule has 0 unspecified atom stereocenters. The van der Waals surface area contributed by atoms with Crippen molar-refractivity contribution in [1.29, 1.82) is 0 Å². The summed E-state index contributed by atoms with van der Waals surface area (Å²) in [7, 11) is 0. The van der Waals surface area contributed by atoms with E-state index in [1.54, 1.807) is 0 Å². The van der Waals surface area contributed by atoms with Gasteiger partial charge < -0.3 is 10.1 Å². The molecule has 158 valence electrons. The van der Waals surface area contributed by atoms with E-state index in [9.17, 15) is 4.79 Å². The van der Waals surface area contributed by atoms with Gasteiger partial charge in [0.2, 0.25) is 5.91 Å². The van der Waals surface area contributed by atoms with Gasteiger partial charge in [0.1, 0.15) is 5.75 Å². The lowest BCUT2D eigenvalue weighted by atomic mass is 10.2. The summed E-state index contributed by atoms with van der Waals surface area (Å²) in [5.74, 6) is 2.09. The Morgan fingerprint density at radius 1 is 1.20 bits per heavy atom. The molecule has 0 aliphatic heterocycles. The molecule has 2 aromatic carbocycles. The topological polar surface area (TPSA) is 69.0 Å². The highest BCUT2D eigenvalue weighted by Gasteiger charge is 2.18. The van der Waals surface area contributed by atoms with Gasteiger partial charge in [0, 0.05) is 22.8 Å². The molecule has 0 bridgehead atoms. The average molecular weight is 445 g/mol. The fourth-order valence-electron chi connectivity index (χ4n) is 2.77. The van der Waals surface area contributed by atoms with Crippen LogP contribution in [0.5, 0.6) is 5.75 Å². The minimum atomic E-state index is -0.0285. The molecule has 0 aliphatic rings. The molecule has 8 heteroatoms. The third-order valence-corrected chi connectivity index (χ3v) is 5.33. The number of rotatable bonds is 9. The molecule has 6 nitrogen and oxygen atoms in total. The van der Waals surface area contributed by atoms with E-state index >= 15 is 0 Å². The van der Waals surface area contributed by atoms with E-state index < -0.39 is 0 Å². The smallest absolute Gasteiger partial charge is 0.230 e. The van der Waals surface area contributed by atoms with Gasteiger partial charge in [-0.3, -0.25) is 9.36 Å². The van der Waals surface area contributed by atoms with Crippen molar-refractivity contribution in [3.8, 4) is 22.8 Å². The molecular formula is C22H25ClN4O2S. The molecule has 0 saturated carbocycles. The number of hydrogen-bond donors (Lipinski definition) is 1. The maximum Gasteiger partial charge on any atom is 0.230 e. The number of halogens is 1. The lowest BCUT2D eigenvalue weighted by Crippen LogP contribution is -2.28. The van der Waals surface area contributed by atoms with Crippen LogP contribution in [0.25, 0.3) is 17.1 Å². The lowest BCUT2D eigenvalue weighted by molar-refractivity contribution is -0.118. The van der Waals surface area contributed by atoms with Gasteiger partial charge >= 0.3 is 0 Å². The van der Waals surface area contributed by atoms with Gasteiger partial charge in [0.15, 0.2) is 11.0 Å². The standard InChI is InChI=1S/C22H25ClN4O2S/c1-4-29-19-10-8-18(9-11-19)27-21(16-6-5-7-17(23)12-16)25-26-22(27)30-14-20(28)24-13-15(2)3/h5-12,15H,4,13-14H2,1-3H3,(H,24,28). The van der Waals surface area contributed by atoms with Gasteiger partial charge in [-0.1, -0.05) is 49.3 Å². The van der Waals surface area contributed by atoms with Crippen molar-refractivity contribution >= 4 is 29.3 Å². The Morgan fingerprint density at radius 3 is 2.63 bits per heavy atom. The fourth-order valence-corrected chi connectivity index (χ4v) is 3.74. The highest BCUT2D eigenvalue weighted by molar-refractivity contribution is 7.99. The van der Waals surface area contributed by atoms with Crippen molar-refractivity contribution in [2.24, 2.45) is 5.92 Å². The predicted octanol–water partition coefficient (Wildman–Crippen LogP) is 4.85. The minimum Gasteiger partial charge on any atom is -0.494 e. The van der Waals surface area contributed by atoms with Crippen LogP contribution in [0.15, 0.2) is 53.7 Å². The second kappa shape index (κ2) is 10.5. The number of hydrogen-bond acceptors (Lipinski definition) is 5. The molecule has 0 radical (unpaired) electrons. The van der Waals surface area contributed by atoms with E-state index in [0.29, 0.717) is 35.1 Å². The van der Waals surface area contributed by atoms with Crippen LogP contribution in [0.1, 0.15) is 20.8 Å². The van der Waals surface area contributed by atoms with E-state index in [2.05, 4.69) is 29.4 Å². The summed E-state index contributed by atoms with van der Waals surface area (Å²) >= 11 is 7.54. The van der Waals surface area contributed by atoms with Gasteiger partial charge in [0.25, 0.3) is 0 Å². The molecule has 3 aromatic rings. The first-order valence-electron chi connectivity index (χ1n) is 9.82. The van der Waals surface area contributed by atoms with Gasteiger partial charge in [0.05, 0.1) is 12.4 Å². The molecule has 0 aliphatic carbocycles. The summed E-state index contributed by atoms with van der Waals surface area (Å²) in [4.78, 5) is 12.2. The molecule has 3 rings (SSSR count). The number of amides is 1. The van der Waals surface area contributed by atoms with Crippen molar-refractivity contribution in [2.45, 2.75) is 25.9 Å². The molecule has 1 heterocycles. The van der Waals surface area contributed by atoms with Crippen LogP contribution in [0.2, 0.25) is 5.02 Å². The lowest BCUT2D eigenvalue weighted by Gasteiger charge is -2.12. The van der Waals surface area contributed by atoms with Crippen LogP contribution in [-0.4, -0.2) is 39.6 Å². The summed E-state index contributed by atoms with van der Waals surface area (Å²) in [6, 6.07) is 15.2. The summed E-state index contributed by atoms with van der Waals surface area (Å²) < 4.78 is 7.48. The number of thioether (sulfide) groups is 1. The Balaban J connectivity index is 1.91. The zero-order chi connectivity index (χ0) is 21.5. The second-order valence-electron chi connectivity index (χ2n) is 7.07. The van der Waals surface area contributed by atoms with Crippen LogP contribution < -0.4 is 10.1 Å². The van der Waals surface area contributed by atoms with Crippen LogP contribution in [-0.2, 0) is 4.79 Å². The quantitative estimate of drug-likeness (QED) is 0.478. The third kappa shape index (κ3) is 5.77. The van der Waals surface area contributed by atoms with Crippen LogP contribution >= 0.6 is 23.4 Å². The Kier molecular flexibility index (Phi) is 7.76. The first-order chi connectivity index (χ1) is 14.5. The SMILES string of the molecule is CCOc1ccc(-n2c(SCC(=O)NCC(C)C)nnc2-c2cccc(Cl)c2)cc1. The number of carbonyl (C=O) groups is 1. The molecule has 1 N–H and O–H groups in total. The second-order valence-corrected chi connectivity index (χ2v) is 8.44. The number of benzene rings is 2. The maximum atomic E-state index is 12.2. The van der Waals surface area contributed by atoms with Crippen LogP contribution in [0, 0.1) is 5.92 Å². The summed E-state index contributed by atoms with van der Waals surface area (Å²) in [5.41, 5.74) is 1.73. The molecular weight excluding hydrogens is 420 g/mol. The van der Waals surface area contributed by atoms with Gasteiger partial charge in [-0.05, 0) is 49.2 Å². The molecule has 0 spiro atoms. The molecule has 0 saturated heterocycles. The van der Waals surface area contributed by atoms with Crippen LogP contribution in [0.3, 0.4) is 0 Å². The van der Waals surface area contributed by atoms with Gasteiger partial charge in [-0.2, -0.15) is 0 Å². The predicted molar refractivity (Wildman–Crippen MR) is 122 cm³/mol. The van der Waals surface area contributed by atoms with Gasteiger partial charge in [-0.25, -0.2) is 0 Å². The number of aromatic nitrogens is 3. The Morgan fingerprint density at radius 2 is 1.97 bits per heavy atom. The van der Waals surface area contributed by atoms with Crippen molar-refractivity contribution in [1.82, 2.24) is 20.1 Å². The zero-order valence-corrected chi connectivity index (χ0v) is 18.8. The third-order valence-electron chi connectivity index (χ3n) is 4.16. The number of ether oxygens (including phenoxy) is 1. The summed E-state index contributed by atoms with van der Waals surface area (Å²) in [5, 5.41) is 12.9. The summed E-state index contributed by atoms with van der Waals surface area (Å²) in [6.07, 6.45) is 0. The Hall–Kier alpha value is -2.51. The van der Waals surface area contributed by atoms with Crippen molar-refractivity contribution in [3.05, 3.63) is 53.6 Å². The number of carbonyl (C=O) groups excluding carboxylic acids is 1. The first-order valence-corrected chi connectivity index (χ1v) is 11.2. The normalized spacial score (nSPS) is 11.0. The maximum absolute atomic E-state index is 12.2. The van der Waals surface area contributed by atoms with Crippen molar-refractivity contribution in [3.63, 3.8) is 0 Å². The fraction of sp³-hybridized carbons (Fsp3) is 0.318. The van der Waals surface area contributed by atoms with E-state index in [1.807, 2.05) is 60.0 Å². The largest absolute Gasteiger partial charge is 0.494 e. The number of nitrogens with one attached hydrogen (secondary N) is 1. The molecule has 30 heavy (non-hydrogen) atoms. The molecule has 0 atom stereocenters. The Labute approximate surface area is 186 Å². The Bertz CT molecular complexity index is 989. The summed E-state index contributed by atoms with van der Waals surface area (Å²) in [6.45, 7) is 7.33. The molecule has 1 aromatic heterocycles. The van der Waals surface area contributed by atoms with E-state index in [1.165, 1.54) is 11.8 Å². The molecule has 1 amide bonds. The monoisotopic (exact) mass is 444 g/mol. The van der Waals surface area contributed by atoms with Crippen molar-refractivity contribution in [2.75, 3.05) is 18.9 Å².